The van der Waals surface area contributed by atoms with Crippen LogP contribution in [0.5, 0.6) is 5.75 Å². The summed E-state index contributed by atoms with van der Waals surface area (Å²) in [6.07, 6.45) is -1.13. The molecular formula is C25H38N4O8. The molecule has 0 saturated heterocycles. The molecule has 0 heterocycles. The highest BCUT2D eigenvalue weighted by atomic mass is 16.6. The minimum absolute atomic E-state index is 0.0536. The first kappa shape index (κ1) is 31.2. The number of carbonyl (C=O) groups excluding carboxylic acids is 5. The molecule has 0 aliphatic heterocycles. The van der Waals surface area contributed by atoms with Crippen LogP contribution in [-0.2, 0) is 28.7 Å². The van der Waals surface area contributed by atoms with Gasteiger partial charge in [-0.3, -0.25) is 19.2 Å². The van der Waals surface area contributed by atoms with E-state index in [9.17, 15) is 29.1 Å². The Labute approximate surface area is 216 Å². The molecule has 0 aliphatic carbocycles. The van der Waals surface area contributed by atoms with Crippen LogP contribution in [0.2, 0.25) is 0 Å². The Morgan fingerprint density at radius 2 is 1.81 bits per heavy atom. The van der Waals surface area contributed by atoms with Crippen LogP contribution in [0.1, 0.15) is 65.5 Å². The summed E-state index contributed by atoms with van der Waals surface area (Å²) in [7, 11) is 0. The van der Waals surface area contributed by atoms with Crippen molar-refractivity contribution in [3.8, 4) is 5.75 Å². The molecule has 4 amide bonds. The van der Waals surface area contributed by atoms with Crippen LogP contribution >= 0.6 is 0 Å². The summed E-state index contributed by atoms with van der Waals surface area (Å²) in [6, 6.07) is 3.14. The second-order valence-corrected chi connectivity index (χ2v) is 9.24. The van der Waals surface area contributed by atoms with E-state index in [2.05, 4.69) is 10.6 Å². The molecule has 2 unspecified atom stereocenters. The molecule has 12 heteroatoms. The molecule has 5 N–H and O–H groups in total. The molecule has 2 atom stereocenters. The lowest BCUT2D eigenvalue weighted by molar-refractivity contribution is -0.144. The molecule has 12 nitrogen and oxygen atoms in total. The van der Waals surface area contributed by atoms with Gasteiger partial charge in [-0.25, -0.2) is 4.79 Å². The van der Waals surface area contributed by atoms with E-state index in [0.717, 1.165) is 0 Å². The van der Waals surface area contributed by atoms with E-state index in [1.807, 2.05) is 0 Å². The normalized spacial score (nSPS) is 12.6. The van der Waals surface area contributed by atoms with Crippen LogP contribution in [0.3, 0.4) is 0 Å². The van der Waals surface area contributed by atoms with Crippen molar-refractivity contribution in [1.82, 2.24) is 15.5 Å². The van der Waals surface area contributed by atoms with Crippen molar-refractivity contribution in [2.45, 2.75) is 71.6 Å². The zero-order valence-corrected chi connectivity index (χ0v) is 22.0. The highest BCUT2D eigenvalue weighted by Gasteiger charge is 2.36. The summed E-state index contributed by atoms with van der Waals surface area (Å²) in [5.41, 5.74) is 4.75. The van der Waals surface area contributed by atoms with E-state index in [1.165, 1.54) is 23.1 Å². The van der Waals surface area contributed by atoms with E-state index in [1.54, 1.807) is 40.7 Å². The molecular weight excluding hydrogens is 484 g/mol. The number of esters is 1. The SMILES string of the molecule is CCCN(C(=O)C(CC(N)=O)NC(=O)OC(C)(C)C)C(C(=O)NCCC(=O)OCC)c1cccc(O)c1. The van der Waals surface area contributed by atoms with Gasteiger partial charge in [0.2, 0.25) is 17.7 Å². The third kappa shape index (κ3) is 11.2. The average molecular weight is 523 g/mol. The Morgan fingerprint density at radius 1 is 1.14 bits per heavy atom. The number of hydrogen-bond donors (Lipinski definition) is 4. The van der Waals surface area contributed by atoms with Gasteiger partial charge in [0.15, 0.2) is 0 Å². The van der Waals surface area contributed by atoms with Crippen LogP contribution in [0.15, 0.2) is 24.3 Å². The van der Waals surface area contributed by atoms with Crippen LogP contribution < -0.4 is 16.4 Å². The number of primary amides is 1. The number of nitrogens with zero attached hydrogens (tertiary/aromatic N) is 1. The van der Waals surface area contributed by atoms with Crippen LogP contribution in [0.25, 0.3) is 0 Å². The summed E-state index contributed by atoms with van der Waals surface area (Å²) >= 11 is 0. The Balaban J connectivity index is 3.35. The summed E-state index contributed by atoms with van der Waals surface area (Å²) in [5.74, 6) is -2.86. The second-order valence-electron chi connectivity index (χ2n) is 9.24. The average Bonchev–Trinajstić information content (AvgIpc) is 2.76. The van der Waals surface area contributed by atoms with Gasteiger partial charge in [-0.1, -0.05) is 19.1 Å². The number of benzene rings is 1. The number of carbonyl (C=O) groups is 5. The van der Waals surface area contributed by atoms with Crippen molar-refractivity contribution in [3.63, 3.8) is 0 Å². The monoisotopic (exact) mass is 522 g/mol. The van der Waals surface area contributed by atoms with Crippen molar-refractivity contribution in [2.24, 2.45) is 5.73 Å². The van der Waals surface area contributed by atoms with Crippen LogP contribution in [-0.4, -0.2) is 71.1 Å². The Kier molecular flexibility index (Phi) is 12.4. The highest BCUT2D eigenvalue weighted by molar-refractivity contribution is 5.94. The Hall–Kier alpha value is -3.83. The minimum atomic E-state index is -1.41. The molecule has 0 fully saturated rings. The van der Waals surface area contributed by atoms with Gasteiger partial charge in [0.25, 0.3) is 0 Å². The maximum absolute atomic E-state index is 13.7. The molecule has 0 aromatic heterocycles. The van der Waals surface area contributed by atoms with Crippen molar-refractivity contribution < 1.29 is 38.6 Å². The summed E-state index contributed by atoms with van der Waals surface area (Å²) in [5, 5.41) is 15.0. The molecule has 1 aromatic rings. The lowest BCUT2D eigenvalue weighted by atomic mass is 10.0. The fourth-order valence-electron chi connectivity index (χ4n) is 3.44. The predicted molar refractivity (Wildman–Crippen MR) is 134 cm³/mol. The molecule has 37 heavy (non-hydrogen) atoms. The standard InChI is InChI=1S/C25H38N4O8/c1-6-13-29(23(34)18(15-19(26)31)28-24(35)37-25(3,4)5)21(16-9-8-10-17(30)14-16)22(33)27-12-11-20(32)36-7-2/h8-10,14,18,21,30H,6-7,11-13,15H2,1-5H3,(H2,26,31)(H,27,33)(H,28,35). The van der Waals surface area contributed by atoms with Gasteiger partial charge < -0.3 is 35.8 Å². The van der Waals surface area contributed by atoms with Crippen molar-refractivity contribution in [1.29, 1.82) is 0 Å². The van der Waals surface area contributed by atoms with Crippen molar-refractivity contribution >= 4 is 29.8 Å². The van der Waals surface area contributed by atoms with E-state index >= 15 is 0 Å². The number of ether oxygens (including phenoxy) is 2. The van der Waals surface area contributed by atoms with Gasteiger partial charge in [-0.15, -0.1) is 0 Å². The third-order valence-corrected chi connectivity index (χ3v) is 4.82. The number of phenols is 1. The Bertz CT molecular complexity index is 960. The molecule has 0 aliphatic rings. The summed E-state index contributed by atoms with van der Waals surface area (Å²) < 4.78 is 10.1. The number of alkyl carbamates (subject to hydrolysis) is 1. The zero-order chi connectivity index (χ0) is 28.2. The number of amides is 4. The van der Waals surface area contributed by atoms with Crippen molar-refractivity contribution in [2.75, 3.05) is 19.7 Å². The van der Waals surface area contributed by atoms with Gasteiger partial charge in [-0.2, -0.15) is 0 Å². The summed E-state index contributed by atoms with van der Waals surface area (Å²) in [6.45, 7) is 8.57. The van der Waals surface area contributed by atoms with E-state index in [4.69, 9.17) is 15.2 Å². The number of aromatic hydroxyl groups is 1. The van der Waals surface area contributed by atoms with Gasteiger partial charge >= 0.3 is 12.1 Å². The largest absolute Gasteiger partial charge is 0.508 e. The van der Waals surface area contributed by atoms with Crippen LogP contribution in [0.4, 0.5) is 4.79 Å². The minimum Gasteiger partial charge on any atom is -0.508 e. The number of hydrogen-bond acceptors (Lipinski definition) is 8. The van der Waals surface area contributed by atoms with Crippen molar-refractivity contribution in [3.05, 3.63) is 29.8 Å². The first-order valence-electron chi connectivity index (χ1n) is 12.1. The molecule has 0 bridgehead atoms. The zero-order valence-electron chi connectivity index (χ0n) is 22.0. The highest BCUT2D eigenvalue weighted by Crippen LogP contribution is 2.26. The van der Waals surface area contributed by atoms with Gasteiger partial charge in [-0.05, 0) is 51.8 Å². The predicted octanol–water partition coefficient (Wildman–Crippen LogP) is 1.51. The molecule has 0 saturated carbocycles. The number of nitrogens with two attached hydrogens (primary N) is 1. The maximum Gasteiger partial charge on any atom is 0.408 e. The first-order valence-corrected chi connectivity index (χ1v) is 12.1. The molecule has 1 aromatic carbocycles. The Morgan fingerprint density at radius 3 is 2.35 bits per heavy atom. The first-order chi connectivity index (χ1) is 17.3. The van der Waals surface area contributed by atoms with E-state index in [-0.39, 0.29) is 37.4 Å². The van der Waals surface area contributed by atoms with Gasteiger partial charge in [0, 0.05) is 13.1 Å². The lowest BCUT2D eigenvalue weighted by Gasteiger charge is -2.34. The van der Waals surface area contributed by atoms with E-state index in [0.29, 0.717) is 6.42 Å². The number of phenolic OH excluding ortho intramolecular Hbond substituents is 1. The summed E-state index contributed by atoms with van der Waals surface area (Å²) in [4.78, 5) is 64.0. The lowest BCUT2D eigenvalue weighted by Crippen LogP contribution is -2.54. The molecule has 206 valence electrons. The fourth-order valence-corrected chi connectivity index (χ4v) is 3.44. The maximum atomic E-state index is 13.7. The smallest absolute Gasteiger partial charge is 0.408 e. The molecule has 1 rings (SSSR count). The van der Waals surface area contributed by atoms with Gasteiger partial charge in [0.1, 0.15) is 23.4 Å². The van der Waals surface area contributed by atoms with E-state index < -0.39 is 53.9 Å². The quantitative estimate of drug-likeness (QED) is 0.282. The topological polar surface area (TPSA) is 177 Å². The number of nitrogens with one attached hydrogen (secondary N) is 2. The third-order valence-electron chi connectivity index (χ3n) is 4.82. The van der Waals surface area contributed by atoms with Crippen LogP contribution in [0, 0.1) is 0 Å². The second kappa shape index (κ2) is 14.7. The molecule has 0 spiro atoms. The fraction of sp³-hybridized carbons (Fsp3) is 0.560. The van der Waals surface area contributed by atoms with Gasteiger partial charge in [0.05, 0.1) is 19.4 Å². The molecule has 0 radical (unpaired) electrons. The number of rotatable bonds is 13.